The van der Waals surface area contributed by atoms with Gasteiger partial charge in [0.2, 0.25) is 5.91 Å². The fourth-order valence-corrected chi connectivity index (χ4v) is 8.66. The fraction of sp³-hybridized carbons (Fsp3) is 0.625. The number of amides is 1. The Bertz CT molecular complexity index is 1370. The zero-order chi connectivity index (χ0) is 28.5. The first-order valence-electron chi connectivity index (χ1n) is 15.1. The Balaban J connectivity index is 1.40. The molecule has 8 heteroatoms. The van der Waals surface area contributed by atoms with E-state index in [1.54, 1.807) is 0 Å². The van der Waals surface area contributed by atoms with E-state index in [0.29, 0.717) is 35.9 Å². The van der Waals surface area contributed by atoms with Gasteiger partial charge in [-0.15, -0.1) is 0 Å². The van der Waals surface area contributed by atoms with E-state index in [1.807, 2.05) is 35.2 Å². The quantitative estimate of drug-likeness (QED) is 0.449. The summed E-state index contributed by atoms with van der Waals surface area (Å²) >= 11 is 0. The Hall–Kier alpha value is -2.45. The van der Waals surface area contributed by atoms with Crippen LogP contribution < -0.4 is 5.56 Å². The van der Waals surface area contributed by atoms with Gasteiger partial charge in [-0.25, -0.2) is 8.99 Å². The molecule has 2 heterocycles. The maximum Gasteiger partial charge on any atom is 0.251 e. The number of likely N-dealkylation sites (tertiary alicyclic amines) is 1. The molecule has 1 spiro atoms. The molecule has 5 rings (SSSR count). The van der Waals surface area contributed by atoms with E-state index in [1.165, 1.54) is 55.2 Å². The van der Waals surface area contributed by atoms with E-state index < -0.39 is 20.7 Å². The SMILES string of the molecule is C[C@H](CC1CCCCC1)C(=O)N1CCC(O)(Cn2cc(S(C)(=N)=O)c(-c3ccccc3)cc2=O)C2(CCCC2)C1. The Morgan fingerprint density at radius 3 is 2.42 bits per heavy atom. The van der Waals surface area contributed by atoms with E-state index in [-0.39, 0.29) is 23.9 Å². The number of hydrogen-bond donors (Lipinski definition) is 2. The molecule has 3 fully saturated rings. The topological polar surface area (TPSA) is 103 Å². The number of hydrogen-bond acceptors (Lipinski definition) is 5. The van der Waals surface area contributed by atoms with Crippen LogP contribution in [0.2, 0.25) is 0 Å². The molecule has 40 heavy (non-hydrogen) atoms. The third kappa shape index (κ3) is 5.80. The first-order chi connectivity index (χ1) is 19.0. The lowest BCUT2D eigenvalue weighted by Crippen LogP contribution is -2.62. The summed E-state index contributed by atoms with van der Waals surface area (Å²) < 4.78 is 22.9. The zero-order valence-electron chi connectivity index (χ0n) is 24.1. The van der Waals surface area contributed by atoms with E-state index >= 15 is 0 Å². The van der Waals surface area contributed by atoms with Gasteiger partial charge in [0.25, 0.3) is 5.56 Å². The highest BCUT2D eigenvalue weighted by Crippen LogP contribution is 2.52. The third-order valence-electron chi connectivity index (χ3n) is 10.0. The number of piperidine rings is 1. The molecule has 1 aliphatic heterocycles. The molecule has 3 atom stereocenters. The van der Waals surface area contributed by atoms with Gasteiger partial charge in [0.15, 0.2) is 0 Å². The maximum atomic E-state index is 13.6. The molecule has 3 aliphatic rings. The van der Waals surface area contributed by atoms with Gasteiger partial charge in [-0.05, 0) is 37.2 Å². The van der Waals surface area contributed by atoms with E-state index in [4.69, 9.17) is 4.78 Å². The highest BCUT2D eigenvalue weighted by Gasteiger charge is 2.55. The maximum absolute atomic E-state index is 13.6. The number of nitrogens with zero attached hydrogens (tertiary/aromatic N) is 2. The van der Waals surface area contributed by atoms with Crippen molar-refractivity contribution in [3.8, 4) is 11.1 Å². The van der Waals surface area contributed by atoms with Crippen LogP contribution in [0.25, 0.3) is 11.1 Å². The van der Waals surface area contributed by atoms with Crippen molar-refractivity contribution < 1.29 is 14.1 Å². The number of benzene rings is 1. The smallest absolute Gasteiger partial charge is 0.251 e. The Labute approximate surface area is 239 Å². The van der Waals surface area contributed by atoms with Crippen molar-refractivity contribution in [3.63, 3.8) is 0 Å². The van der Waals surface area contributed by atoms with Gasteiger partial charge in [-0.3, -0.25) is 9.59 Å². The molecule has 0 radical (unpaired) electrons. The minimum Gasteiger partial charge on any atom is -0.387 e. The van der Waals surface area contributed by atoms with Gasteiger partial charge in [0.1, 0.15) is 0 Å². The predicted octanol–water partition coefficient (Wildman–Crippen LogP) is 5.68. The van der Waals surface area contributed by atoms with Crippen LogP contribution in [0.3, 0.4) is 0 Å². The highest BCUT2D eigenvalue weighted by atomic mass is 32.2. The summed E-state index contributed by atoms with van der Waals surface area (Å²) in [5, 5.41) is 12.3. The Morgan fingerprint density at radius 2 is 1.77 bits per heavy atom. The highest BCUT2D eigenvalue weighted by molar-refractivity contribution is 7.91. The summed E-state index contributed by atoms with van der Waals surface area (Å²) in [5.74, 6) is 0.823. The number of carbonyl (C=O) groups excluding carboxylic acids is 1. The molecular formula is C32H45N3O4S. The molecule has 2 aliphatic carbocycles. The second kappa shape index (κ2) is 11.4. The van der Waals surface area contributed by atoms with Crippen LogP contribution in [-0.2, 0) is 21.1 Å². The number of nitrogens with one attached hydrogen (secondary N) is 1. The monoisotopic (exact) mass is 567 g/mol. The van der Waals surface area contributed by atoms with E-state index in [2.05, 4.69) is 6.92 Å². The van der Waals surface area contributed by atoms with Crippen LogP contribution in [-0.4, -0.2) is 49.6 Å². The van der Waals surface area contributed by atoms with Gasteiger partial charge < -0.3 is 14.6 Å². The van der Waals surface area contributed by atoms with Crippen molar-refractivity contribution in [2.45, 2.75) is 94.6 Å². The summed E-state index contributed by atoms with van der Waals surface area (Å²) in [7, 11) is -3.15. The number of rotatable bonds is 7. The van der Waals surface area contributed by atoms with Crippen molar-refractivity contribution in [3.05, 3.63) is 52.9 Å². The third-order valence-corrected chi connectivity index (χ3v) is 11.2. The lowest BCUT2D eigenvalue weighted by molar-refractivity contribution is -0.163. The Morgan fingerprint density at radius 1 is 1.10 bits per heavy atom. The lowest BCUT2D eigenvalue weighted by atomic mass is 9.65. The molecule has 2 aromatic rings. The van der Waals surface area contributed by atoms with Gasteiger partial charge in [0, 0.05) is 48.5 Å². The summed E-state index contributed by atoms with van der Waals surface area (Å²) in [6, 6.07) is 10.7. The van der Waals surface area contributed by atoms with Crippen molar-refractivity contribution in [2.75, 3.05) is 19.3 Å². The van der Waals surface area contributed by atoms with E-state index in [0.717, 1.165) is 37.7 Å². The van der Waals surface area contributed by atoms with Crippen LogP contribution >= 0.6 is 0 Å². The molecule has 1 aromatic carbocycles. The molecule has 218 valence electrons. The van der Waals surface area contributed by atoms with Gasteiger partial charge >= 0.3 is 0 Å². The first-order valence-corrected chi connectivity index (χ1v) is 17.0. The summed E-state index contributed by atoms with van der Waals surface area (Å²) in [6.07, 6.45) is 14.2. The standard InChI is InChI=1S/C32H45N3O4S/c1-24(19-25-11-5-3-6-12-25)30(37)34-18-17-32(38,31(22-34)15-9-10-16-31)23-35-21-28(40(2,33)39)27(20-29(35)36)26-13-7-4-8-14-26/h4,7-8,13-14,20-21,24-25,33,38H,3,5-6,9-12,15-19,22-23H2,1-2H3/t24-,32?,40?/m1/s1. The number of aliphatic hydroxyl groups is 1. The fourth-order valence-electron chi connectivity index (χ4n) is 7.73. The molecule has 7 nitrogen and oxygen atoms in total. The minimum absolute atomic E-state index is 0.0155. The second-order valence-corrected chi connectivity index (χ2v) is 15.0. The number of pyridine rings is 1. The zero-order valence-corrected chi connectivity index (χ0v) is 24.9. The molecule has 2 N–H and O–H groups in total. The second-order valence-electron chi connectivity index (χ2n) is 12.9. The summed E-state index contributed by atoms with van der Waals surface area (Å²) in [5.41, 5.74) is -0.688. The van der Waals surface area contributed by atoms with Crippen LogP contribution in [0.15, 0.2) is 52.3 Å². The van der Waals surface area contributed by atoms with Gasteiger partial charge in [-0.1, -0.05) is 82.2 Å². The summed E-state index contributed by atoms with van der Waals surface area (Å²) in [6.45, 7) is 3.13. The van der Waals surface area contributed by atoms with Crippen molar-refractivity contribution in [1.29, 1.82) is 4.78 Å². The predicted molar refractivity (Wildman–Crippen MR) is 159 cm³/mol. The average Bonchev–Trinajstić information content (AvgIpc) is 3.41. The molecular weight excluding hydrogens is 522 g/mol. The molecule has 1 amide bonds. The van der Waals surface area contributed by atoms with Gasteiger partial charge in [0.05, 0.1) is 26.8 Å². The van der Waals surface area contributed by atoms with Crippen LogP contribution in [0.5, 0.6) is 0 Å². The van der Waals surface area contributed by atoms with Gasteiger partial charge in [-0.2, -0.15) is 0 Å². The minimum atomic E-state index is -3.15. The molecule has 1 aromatic heterocycles. The van der Waals surface area contributed by atoms with Crippen molar-refractivity contribution in [1.82, 2.24) is 9.47 Å². The molecule has 1 saturated heterocycles. The van der Waals surface area contributed by atoms with Crippen LogP contribution in [0.1, 0.15) is 77.6 Å². The van der Waals surface area contributed by atoms with Crippen LogP contribution in [0, 0.1) is 22.0 Å². The summed E-state index contributed by atoms with van der Waals surface area (Å²) in [4.78, 5) is 29.3. The number of aromatic nitrogens is 1. The average molecular weight is 568 g/mol. The van der Waals surface area contributed by atoms with E-state index in [9.17, 15) is 18.9 Å². The normalized spacial score (nSPS) is 25.5. The lowest BCUT2D eigenvalue weighted by Gasteiger charge is -2.53. The van der Waals surface area contributed by atoms with Crippen LogP contribution in [0.4, 0.5) is 0 Å². The number of carbonyl (C=O) groups is 1. The molecule has 2 unspecified atom stereocenters. The van der Waals surface area contributed by atoms with Crippen molar-refractivity contribution in [2.24, 2.45) is 17.3 Å². The largest absolute Gasteiger partial charge is 0.387 e. The first kappa shape index (κ1) is 29.1. The molecule has 0 bridgehead atoms. The Kier molecular flexibility index (Phi) is 8.31. The van der Waals surface area contributed by atoms with Crippen molar-refractivity contribution >= 4 is 15.6 Å². The molecule has 2 saturated carbocycles.